The van der Waals surface area contributed by atoms with Gasteiger partial charge in [0.1, 0.15) is 11.5 Å². The number of aromatic nitrogens is 1. The van der Waals surface area contributed by atoms with Gasteiger partial charge in [0.25, 0.3) is 17.6 Å². The van der Waals surface area contributed by atoms with E-state index in [9.17, 15) is 31.9 Å². The topological polar surface area (TPSA) is 88.2 Å². The average molecular weight is 480 g/mol. The van der Waals surface area contributed by atoms with Gasteiger partial charge in [-0.2, -0.15) is 13.2 Å². The number of nitrogens with one attached hydrogen (secondary N) is 2. The molecule has 6 nitrogen and oxygen atoms in total. The van der Waals surface area contributed by atoms with Crippen LogP contribution in [0.1, 0.15) is 26.4 Å². The van der Waals surface area contributed by atoms with Crippen LogP contribution >= 0.6 is 11.6 Å². The Kier molecular flexibility index (Phi) is 6.78. The van der Waals surface area contributed by atoms with Crippen molar-refractivity contribution in [2.45, 2.75) is 6.18 Å². The van der Waals surface area contributed by atoms with Gasteiger partial charge in [-0.05, 0) is 53.6 Å². The highest BCUT2D eigenvalue weighted by Crippen LogP contribution is 2.36. The minimum Gasteiger partial charge on any atom is -0.354 e. The van der Waals surface area contributed by atoms with E-state index in [1.54, 1.807) is 0 Å². The van der Waals surface area contributed by atoms with E-state index in [1.807, 2.05) is 5.32 Å². The van der Waals surface area contributed by atoms with Gasteiger partial charge in [0.05, 0.1) is 16.1 Å². The first-order valence-corrected chi connectivity index (χ1v) is 9.59. The van der Waals surface area contributed by atoms with Crippen molar-refractivity contribution in [2.75, 3.05) is 12.4 Å². The molecule has 0 aliphatic carbocycles. The Labute approximate surface area is 189 Å². The molecule has 33 heavy (non-hydrogen) atoms. The SMILES string of the molecule is CNC(=O)c1cc(-c2ccc(C(=O)C(=O)Nc3ccc(Cl)c(C(F)(F)F)c3)c(F)c2)ccn1. The smallest absolute Gasteiger partial charge is 0.354 e. The van der Waals surface area contributed by atoms with Crippen molar-refractivity contribution in [1.82, 2.24) is 10.3 Å². The molecule has 170 valence electrons. The molecule has 1 aromatic heterocycles. The van der Waals surface area contributed by atoms with Crippen molar-refractivity contribution >= 4 is 34.9 Å². The molecule has 2 N–H and O–H groups in total. The fourth-order valence-corrected chi connectivity index (χ4v) is 3.10. The molecule has 0 unspecified atom stereocenters. The van der Waals surface area contributed by atoms with Gasteiger partial charge in [0.15, 0.2) is 0 Å². The number of carbonyl (C=O) groups excluding carboxylic acids is 3. The minimum atomic E-state index is -4.77. The molecule has 0 saturated carbocycles. The third kappa shape index (κ3) is 5.35. The highest BCUT2D eigenvalue weighted by Gasteiger charge is 2.33. The zero-order valence-corrected chi connectivity index (χ0v) is 17.5. The van der Waals surface area contributed by atoms with E-state index in [4.69, 9.17) is 11.6 Å². The molecule has 0 radical (unpaired) electrons. The zero-order valence-electron chi connectivity index (χ0n) is 16.8. The molecule has 2 aromatic carbocycles. The predicted molar refractivity (Wildman–Crippen MR) is 112 cm³/mol. The Bertz CT molecular complexity index is 1260. The molecular weight excluding hydrogens is 466 g/mol. The molecule has 11 heteroatoms. The summed E-state index contributed by atoms with van der Waals surface area (Å²) in [6.45, 7) is 0. The van der Waals surface area contributed by atoms with Crippen LogP contribution in [-0.4, -0.2) is 29.6 Å². The summed E-state index contributed by atoms with van der Waals surface area (Å²) in [5, 5.41) is 3.84. The molecule has 3 aromatic rings. The van der Waals surface area contributed by atoms with Gasteiger partial charge in [-0.25, -0.2) is 4.39 Å². The summed E-state index contributed by atoms with van der Waals surface area (Å²) >= 11 is 5.52. The van der Waals surface area contributed by atoms with E-state index in [0.29, 0.717) is 17.2 Å². The lowest BCUT2D eigenvalue weighted by Crippen LogP contribution is -2.24. The van der Waals surface area contributed by atoms with Crippen LogP contribution in [0.25, 0.3) is 11.1 Å². The summed E-state index contributed by atoms with van der Waals surface area (Å²) in [6.07, 6.45) is -3.42. The van der Waals surface area contributed by atoms with Gasteiger partial charge < -0.3 is 10.6 Å². The summed E-state index contributed by atoms with van der Waals surface area (Å²) < 4.78 is 53.5. The molecule has 0 atom stereocenters. The number of hydrogen-bond acceptors (Lipinski definition) is 4. The largest absolute Gasteiger partial charge is 0.417 e. The van der Waals surface area contributed by atoms with Gasteiger partial charge in [-0.15, -0.1) is 0 Å². The first kappa shape index (κ1) is 23.9. The fourth-order valence-electron chi connectivity index (χ4n) is 2.87. The predicted octanol–water partition coefficient (Wildman–Crippen LogP) is 4.74. The molecule has 3 rings (SSSR count). The number of alkyl halides is 3. The lowest BCUT2D eigenvalue weighted by atomic mass is 10.0. The first-order valence-electron chi connectivity index (χ1n) is 9.21. The number of hydrogen-bond donors (Lipinski definition) is 2. The number of rotatable bonds is 5. The summed E-state index contributed by atoms with van der Waals surface area (Å²) in [5.74, 6) is -4.10. The van der Waals surface area contributed by atoms with Gasteiger partial charge >= 0.3 is 6.18 Å². The van der Waals surface area contributed by atoms with Crippen LogP contribution in [-0.2, 0) is 11.0 Å². The molecule has 0 aliphatic heterocycles. The summed E-state index contributed by atoms with van der Waals surface area (Å²) in [4.78, 5) is 40.2. The normalized spacial score (nSPS) is 11.1. The number of ketones is 1. The van der Waals surface area contributed by atoms with Crippen molar-refractivity contribution in [3.63, 3.8) is 0 Å². The molecular formula is C22H14ClF4N3O3. The number of nitrogens with zero attached hydrogens (tertiary/aromatic N) is 1. The summed E-state index contributed by atoms with van der Waals surface area (Å²) in [5.41, 5.74) is -1.27. The van der Waals surface area contributed by atoms with E-state index >= 15 is 0 Å². The average Bonchev–Trinajstić information content (AvgIpc) is 2.78. The van der Waals surface area contributed by atoms with E-state index in [2.05, 4.69) is 10.3 Å². The van der Waals surface area contributed by atoms with Gasteiger partial charge in [0.2, 0.25) is 0 Å². The Morgan fingerprint density at radius 1 is 0.970 bits per heavy atom. The number of carbonyl (C=O) groups is 3. The monoisotopic (exact) mass is 479 g/mol. The minimum absolute atomic E-state index is 0.0936. The lowest BCUT2D eigenvalue weighted by molar-refractivity contribution is -0.137. The lowest BCUT2D eigenvalue weighted by Gasteiger charge is -2.12. The van der Waals surface area contributed by atoms with Crippen LogP contribution in [0.15, 0.2) is 54.7 Å². The quantitative estimate of drug-likeness (QED) is 0.314. The second-order valence-electron chi connectivity index (χ2n) is 6.68. The standard InChI is InChI=1S/C22H14ClF4N3O3/c1-28-20(32)18-9-12(6-7-29-18)11-2-4-14(17(24)8-11)19(31)21(33)30-13-3-5-16(23)15(10-13)22(25,26)27/h2-10H,1H3,(H,28,32)(H,30,33). The highest BCUT2D eigenvalue weighted by atomic mass is 35.5. The van der Waals surface area contributed by atoms with E-state index in [1.165, 1.54) is 31.4 Å². The number of amides is 2. The summed E-state index contributed by atoms with van der Waals surface area (Å²) in [6, 6.07) is 8.92. The van der Waals surface area contributed by atoms with Crippen LogP contribution in [0.4, 0.5) is 23.2 Å². The Morgan fingerprint density at radius 2 is 1.67 bits per heavy atom. The third-order valence-corrected chi connectivity index (χ3v) is 4.83. The Morgan fingerprint density at radius 3 is 2.30 bits per heavy atom. The number of pyridine rings is 1. The molecule has 0 fully saturated rings. The first-order chi connectivity index (χ1) is 15.5. The molecule has 1 heterocycles. The van der Waals surface area contributed by atoms with Gasteiger partial charge in [-0.1, -0.05) is 17.7 Å². The zero-order chi connectivity index (χ0) is 24.3. The maximum absolute atomic E-state index is 14.6. The van der Waals surface area contributed by atoms with Gasteiger partial charge in [0, 0.05) is 18.9 Å². The number of halogens is 5. The van der Waals surface area contributed by atoms with Crippen molar-refractivity contribution < 1.29 is 31.9 Å². The van der Waals surface area contributed by atoms with E-state index < -0.39 is 45.7 Å². The fraction of sp³-hybridized carbons (Fsp3) is 0.0909. The van der Waals surface area contributed by atoms with Crippen molar-refractivity contribution in [2.24, 2.45) is 0 Å². The van der Waals surface area contributed by atoms with Crippen LogP contribution in [0.2, 0.25) is 5.02 Å². The van der Waals surface area contributed by atoms with E-state index in [0.717, 1.165) is 24.3 Å². The molecule has 2 amide bonds. The Hall–Kier alpha value is -3.79. The van der Waals surface area contributed by atoms with E-state index in [-0.39, 0.29) is 11.4 Å². The number of anilines is 1. The van der Waals surface area contributed by atoms with Crippen LogP contribution < -0.4 is 10.6 Å². The van der Waals surface area contributed by atoms with Crippen molar-refractivity contribution in [3.05, 3.63) is 82.4 Å². The van der Waals surface area contributed by atoms with Crippen LogP contribution in [0.5, 0.6) is 0 Å². The van der Waals surface area contributed by atoms with Crippen molar-refractivity contribution in [1.29, 1.82) is 0 Å². The maximum Gasteiger partial charge on any atom is 0.417 e. The molecule has 0 spiro atoms. The highest BCUT2D eigenvalue weighted by molar-refractivity contribution is 6.46. The second kappa shape index (κ2) is 9.37. The number of benzene rings is 2. The molecule has 0 aliphatic rings. The maximum atomic E-state index is 14.6. The third-order valence-electron chi connectivity index (χ3n) is 4.50. The molecule has 0 bridgehead atoms. The van der Waals surface area contributed by atoms with Crippen LogP contribution in [0.3, 0.4) is 0 Å². The van der Waals surface area contributed by atoms with Crippen LogP contribution in [0, 0.1) is 5.82 Å². The molecule has 0 saturated heterocycles. The second-order valence-corrected chi connectivity index (χ2v) is 7.09. The number of Topliss-reactive ketones (excluding diaryl/α,β-unsaturated/α-hetero) is 1. The Balaban J connectivity index is 1.83. The summed E-state index contributed by atoms with van der Waals surface area (Å²) in [7, 11) is 1.43. The van der Waals surface area contributed by atoms with Gasteiger partial charge in [-0.3, -0.25) is 19.4 Å². The van der Waals surface area contributed by atoms with Crippen molar-refractivity contribution in [3.8, 4) is 11.1 Å².